The van der Waals surface area contributed by atoms with Crippen molar-refractivity contribution in [2.45, 2.75) is 13.0 Å². The van der Waals surface area contributed by atoms with Crippen LogP contribution in [0, 0.1) is 5.92 Å². The van der Waals surface area contributed by atoms with Gasteiger partial charge in [0.25, 0.3) is 0 Å². The quantitative estimate of drug-likeness (QED) is 0.626. The van der Waals surface area contributed by atoms with Gasteiger partial charge in [-0.2, -0.15) is 0 Å². The fraction of sp³-hybridized carbons (Fsp3) is 0.263. The highest BCUT2D eigenvalue weighted by molar-refractivity contribution is 6.15. The van der Waals surface area contributed by atoms with Crippen LogP contribution >= 0.6 is 0 Å². The van der Waals surface area contributed by atoms with Crippen LogP contribution in [-0.4, -0.2) is 25.9 Å². The maximum atomic E-state index is 12.5. The Kier molecular flexibility index (Phi) is 4.25. The molecule has 2 atom stereocenters. The number of β-lactam (4-membered cyclic amide) rings is 1. The van der Waals surface area contributed by atoms with Crippen molar-refractivity contribution in [2.24, 2.45) is 5.92 Å². The first-order valence-electron chi connectivity index (χ1n) is 7.68. The number of benzene rings is 2. The molecule has 0 bridgehead atoms. The standard InChI is InChI=1S/C19H19NO4/c1-12(21)17-18(13-4-8-15(23-2)9-5-13)20(19(17)22)14-6-10-16(24-3)11-7-14/h4-11,17-18H,1-3H3. The molecule has 2 unspecified atom stereocenters. The van der Waals surface area contributed by atoms with E-state index in [1.807, 2.05) is 36.4 Å². The summed E-state index contributed by atoms with van der Waals surface area (Å²) >= 11 is 0. The van der Waals surface area contributed by atoms with Crippen molar-refractivity contribution in [3.8, 4) is 11.5 Å². The summed E-state index contributed by atoms with van der Waals surface area (Å²) in [5.41, 5.74) is 1.66. The molecule has 3 rings (SSSR count). The molecule has 0 radical (unpaired) electrons. The minimum atomic E-state index is -0.638. The Balaban J connectivity index is 1.96. The lowest BCUT2D eigenvalue weighted by atomic mass is 9.79. The van der Waals surface area contributed by atoms with Gasteiger partial charge in [0.15, 0.2) is 0 Å². The largest absolute Gasteiger partial charge is 0.497 e. The highest BCUT2D eigenvalue weighted by Crippen LogP contribution is 2.44. The van der Waals surface area contributed by atoms with Crippen molar-refractivity contribution in [2.75, 3.05) is 19.1 Å². The van der Waals surface area contributed by atoms with E-state index in [1.54, 1.807) is 31.3 Å². The van der Waals surface area contributed by atoms with E-state index < -0.39 is 5.92 Å². The van der Waals surface area contributed by atoms with E-state index in [2.05, 4.69) is 0 Å². The molecule has 0 saturated carbocycles. The number of ether oxygens (including phenoxy) is 2. The lowest BCUT2D eigenvalue weighted by Crippen LogP contribution is -2.57. The van der Waals surface area contributed by atoms with Gasteiger partial charge in [0.1, 0.15) is 23.2 Å². The van der Waals surface area contributed by atoms with E-state index in [1.165, 1.54) is 6.92 Å². The molecular formula is C19H19NO4. The molecule has 1 amide bonds. The molecule has 1 saturated heterocycles. The third kappa shape index (κ3) is 2.62. The first-order chi connectivity index (χ1) is 11.6. The van der Waals surface area contributed by atoms with Gasteiger partial charge >= 0.3 is 0 Å². The maximum absolute atomic E-state index is 12.5. The number of rotatable bonds is 5. The highest BCUT2D eigenvalue weighted by atomic mass is 16.5. The van der Waals surface area contributed by atoms with Gasteiger partial charge in [-0.05, 0) is 48.9 Å². The van der Waals surface area contributed by atoms with Crippen molar-refractivity contribution in [1.29, 1.82) is 0 Å². The maximum Gasteiger partial charge on any atom is 0.240 e. The van der Waals surface area contributed by atoms with Crippen LogP contribution < -0.4 is 14.4 Å². The summed E-state index contributed by atoms with van der Waals surface area (Å²) in [5, 5.41) is 0. The molecular weight excluding hydrogens is 306 g/mol. The summed E-state index contributed by atoms with van der Waals surface area (Å²) in [7, 11) is 3.19. The average Bonchev–Trinajstić information content (AvgIpc) is 2.60. The van der Waals surface area contributed by atoms with E-state index in [-0.39, 0.29) is 17.7 Å². The third-order valence-electron chi connectivity index (χ3n) is 4.34. The van der Waals surface area contributed by atoms with Crippen LogP contribution in [-0.2, 0) is 9.59 Å². The molecule has 124 valence electrons. The van der Waals surface area contributed by atoms with Gasteiger partial charge in [-0.25, -0.2) is 0 Å². The lowest BCUT2D eigenvalue weighted by molar-refractivity contribution is -0.138. The zero-order valence-corrected chi connectivity index (χ0v) is 13.9. The molecule has 1 aliphatic rings. The first-order valence-corrected chi connectivity index (χ1v) is 7.68. The molecule has 2 aromatic carbocycles. The zero-order valence-electron chi connectivity index (χ0n) is 13.9. The van der Waals surface area contributed by atoms with Gasteiger partial charge in [-0.1, -0.05) is 12.1 Å². The smallest absolute Gasteiger partial charge is 0.240 e. The Bertz CT molecular complexity index is 752. The predicted molar refractivity (Wildman–Crippen MR) is 90.4 cm³/mol. The number of Topliss-reactive ketones (excluding diaryl/α,β-unsaturated/α-hetero) is 1. The summed E-state index contributed by atoms with van der Waals surface area (Å²) in [5.74, 6) is 0.523. The summed E-state index contributed by atoms with van der Waals surface area (Å²) in [6.45, 7) is 1.46. The van der Waals surface area contributed by atoms with Gasteiger partial charge < -0.3 is 14.4 Å². The number of methoxy groups -OCH3 is 2. The fourth-order valence-electron chi connectivity index (χ4n) is 3.06. The number of nitrogens with zero attached hydrogens (tertiary/aromatic N) is 1. The molecule has 5 heteroatoms. The van der Waals surface area contributed by atoms with Crippen molar-refractivity contribution in [1.82, 2.24) is 0 Å². The molecule has 0 spiro atoms. The van der Waals surface area contributed by atoms with Crippen molar-refractivity contribution >= 4 is 17.4 Å². The van der Waals surface area contributed by atoms with Crippen LogP contribution in [0.25, 0.3) is 0 Å². The van der Waals surface area contributed by atoms with Gasteiger partial charge in [0.2, 0.25) is 5.91 Å². The van der Waals surface area contributed by atoms with Gasteiger partial charge in [0.05, 0.1) is 20.3 Å². The molecule has 1 aliphatic heterocycles. The minimum Gasteiger partial charge on any atom is -0.497 e. The van der Waals surface area contributed by atoms with E-state index >= 15 is 0 Å². The van der Waals surface area contributed by atoms with Crippen molar-refractivity contribution < 1.29 is 19.1 Å². The Morgan fingerprint density at radius 3 is 1.88 bits per heavy atom. The molecule has 0 aromatic heterocycles. The molecule has 24 heavy (non-hydrogen) atoms. The van der Waals surface area contributed by atoms with Crippen molar-refractivity contribution in [3.63, 3.8) is 0 Å². The summed E-state index contributed by atoms with van der Waals surface area (Å²) in [4.78, 5) is 26.1. The van der Waals surface area contributed by atoms with Crippen LogP contribution in [0.5, 0.6) is 11.5 Å². The number of hydrogen-bond acceptors (Lipinski definition) is 4. The van der Waals surface area contributed by atoms with Crippen molar-refractivity contribution in [3.05, 3.63) is 54.1 Å². The van der Waals surface area contributed by atoms with Crippen LogP contribution in [0.4, 0.5) is 5.69 Å². The molecule has 5 nitrogen and oxygen atoms in total. The monoisotopic (exact) mass is 325 g/mol. The lowest BCUT2D eigenvalue weighted by Gasteiger charge is -2.46. The second-order valence-electron chi connectivity index (χ2n) is 5.71. The average molecular weight is 325 g/mol. The Labute approximate surface area is 140 Å². The SMILES string of the molecule is COc1ccc(C2C(C(C)=O)C(=O)N2c2ccc(OC)cc2)cc1. The van der Waals surface area contributed by atoms with Crippen LogP contribution in [0.1, 0.15) is 18.5 Å². The van der Waals surface area contributed by atoms with Gasteiger partial charge in [0, 0.05) is 5.69 Å². The zero-order chi connectivity index (χ0) is 17.3. The van der Waals surface area contributed by atoms with Crippen LogP contribution in [0.15, 0.2) is 48.5 Å². The van der Waals surface area contributed by atoms with E-state index in [9.17, 15) is 9.59 Å². The number of hydrogen-bond donors (Lipinski definition) is 0. The minimum absolute atomic E-state index is 0.120. The molecule has 2 aromatic rings. The molecule has 1 fully saturated rings. The number of carbonyl (C=O) groups is 2. The fourth-order valence-corrected chi connectivity index (χ4v) is 3.06. The summed E-state index contributed by atoms with van der Waals surface area (Å²) in [6.07, 6.45) is 0. The van der Waals surface area contributed by atoms with Gasteiger partial charge in [-0.3, -0.25) is 9.59 Å². The van der Waals surface area contributed by atoms with Gasteiger partial charge in [-0.15, -0.1) is 0 Å². The Morgan fingerprint density at radius 1 is 0.917 bits per heavy atom. The Morgan fingerprint density at radius 2 is 1.42 bits per heavy atom. The summed E-state index contributed by atoms with van der Waals surface area (Å²) < 4.78 is 10.3. The van der Waals surface area contributed by atoms with E-state index in [0.29, 0.717) is 0 Å². The van der Waals surface area contributed by atoms with E-state index in [0.717, 1.165) is 22.7 Å². The number of amides is 1. The predicted octanol–water partition coefficient (Wildman–Crippen LogP) is 3.00. The number of carbonyl (C=O) groups excluding carboxylic acids is 2. The third-order valence-corrected chi connectivity index (χ3v) is 4.34. The number of ketones is 1. The van der Waals surface area contributed by atoms with E-state index in [4.69, 9.17) is 9.47 Å². The second kappa shape index (κ2) is 6.35. The topological polar surface area (TPSA) is 55.8 Å². The van der Waals surface area contributed by atoms with Crippen LogP contribution in [0.3, 0.4) is 0 Å². The first kappa shape index (κ1) is 16.1. The number of anilines is 1. The van der Waals surface area contributed by atoms with Crippen LogP contribution in [0.2, 0.25) is 0 Å². The molecule has 0 aliphatic carbocycles. The molecule has 1 heterocycles. The normalized spacial score (nSPS) is 19.6. The Hall–Kier alpha value is -2.82. The molecule has 0 N–H and O–H groups in total. The summed E-state index contributed by atoms with van der Waals surface area (Å²) in [6, 6.07) is 14.4. The second-order valence-corrected chi connectivity index (χ2v) is 5.71. The highest BCUT2D eigenvalue weighted by Gasteiger charge is 2.51.